The van der Waals surface area contributed by atoms with E-state index in [1.165, 1.54) is 24.3 Å². The molecule has 16 heteroatoms. The molecule has 0 fully saturated rings. The van der Waals surface area contributed by atoms with Crippen LogP contribution in [0.5, 0.6) is 11.5 Å². The number of hydrogen-bond donors (Lipinski definition) is 4. The maximum absolute atomic E-state index is 11.4. The molecular weight excluding hydrogens is 693 g/mol. The van der Waals surface area contributed by atoms with Crippen LogP contribution in [0.1, 0.15) is 23.2 Å². The summed E-state index contributed by atoms with van der Waals surface area (Å²) in [6, 6.07) is 3.04. The molecule has 2 aromatic carbocycles. The second-order valence-electron chi connectivity index (χ2n) is 5.10. The molecule has 0 aromatic heterocycles. The zero-order chi connectivity index (χ0) is 21.1. The number of halogens is 4. The van der Waals surface area contributed by atoms with Gasteiger partial charge in [0.05, 0.1) is 12.1 Å². The molecule has 2 atom stereocenters. The quantitative estimate of drug-likeness (QED) is 0.333. The van der Waals surface area contributed by atoms with Crippen molar-refractivity contribution in [3.05, 3.63) is 55.5 Å². The minimum absolute atomic E-state index is 0. The minimum atomic E-state index is -4.67. The third-order valence-electron chi connectivity index (χ3n) is 3.16. The van der Waals surface area contributed by atoms with E-state index in [1.807, 2.05) is 0 Å². The Morgan fingerprint density at radius 1 is 0.733 bits per heavy atom. The summed E-state index contributed by atoms with van der Waals surface area (Å²) < 4.78 is 31.6. The first-order chi connectivity index (χ1) is 12.2. The second-order valence-corrected chi connectivity index (χ2v) is 7.63. The van der Waals surface area contributed by atoms with Crippen LogP contribution in [0.4, 0.5) is 0 Å². The summed E-state index contributed by atoms with van der Waals surface area (Å²) in [5, 5.41) is 23.1. The van der Waals surface area contributed by atoms with Crippen molar-refractivity contribution < 1.29 is 59.8 Å². The van der Waals surface area contributed by atoms with Gasteiger partial charge in [-0.1, -0.05) is 70.7 Å². The molecule has 0 saturated heterocycles. The van der Waals surface area contributed by atoms with Gasteiger partial charge in [-0.2, -0.15) is 8.42 Å². The van der Waals surface area contributed by atoms with Crippen molar-refractivity contribution in [1.29, 1.82) is 0 Å². The van der Waals surface area contributed by atoms with E-state index in [2.05, 4.69) is 0 Å². The van der Waals surface area contributed by atoms with Crippen molar-refractivity contribution in [2.24, 2.45) is 11.5 Å². The average Bonchev–Trinajstić information content (AvgIpc) is 2.42. The predicted molar refractivity (Wildman–Crippen MR) is 107 cm³/mol. The van der Waals surface area contributed by atoms with Crippen LogP contribution in [0.2, 0.25) is 20.1 Å². The van der Waals surface area contributed by atoms with Crippen LogP contribution in [-0.4, -0.2) is 28.5 Å². The fourth-order valence-electron chi connectivity index (χ4n) is 2.12. The van der Waals surface area contributed by atoms with E-state index in [4.69, 9.17) is 75.4 Å². The molecule has 0 radical (unpaired) electrons. The summed E-state index contributed by atoms with van der Waals surface area (Å²) >= 11 is 24.1. The first kappa shape index (κ1) is 34.2. The van der Waals surface area contributed by atoms with E-state index in [1.54, 1.807) is 0 Å². The Morgan fingerprint density at radius 2 is 0.900 bits per heavy atom. The Bertz CT molecular complexity index is 836. The summed E-state index contributed by atoms with van der Waals surface area (Å²) in [5.74, 6) is -0.683. The molecule has 174 valence electrons. The zero-order valence-corrected chi connectivity index (χ0v) is 20.5. The van der Waals surface area contributed by atoms with E-state index >= 15 is 0 Å². The van der Waals surface area contributed by atoms with E-state index in [-0.39, 0.29) is 63.6 Å². The summed E-state index contributed by atoms with van der Waals surface area (Å²) in [7, 11) is -4.67. The Balaban J connectivity index is -0.000000819. The molecule has 2 unspecified atom stereocenters. The first-order valence-electron chi connectivity index (χ1n) is 6.75. The van der Waals surface area contributed by atoms with Crippen LogP contribution in [0.25, 0.3) is 0 Å². The third-order valence-corrected chi connectivity index (χ3v) is 4.41. The molecular formula is C14H16Cl4N2O8PtS. The van der Waals surface area contributed by atoms with Gasteiger partial charge in [0.25, 0.3) is 0 Å². The van der Waals surface area contributed by atoms with Gasteiger partial charge in [0, 0.05) is 31.2 Å². The Labute approximate surface area is 206 Å². The molecule has 0 aliphatic heterocycles. The summed E-state index contributed by atoms with van der Waals surface area (Å²) in [6.07, 6.45) is 0. The fourth-order valence-corrected chi connectivity index (χ4v) is 3.56. The van der Waals surface area contributed by atoms with Gasteiger partial charge < -0.3 is 32.6 Å². The normalized spacial score (nSPS) is 12.1. The van der Waals surface area contributed by atoms with Crippen LogP contribution in [0.15, 0.2) is 24.3 Å². The van der Waals surface area contributed by atoms with Gasteiger partial charge in [-0.05, 0) is 0 Å². The molecule has 0 aliphatic rings. The summed E-state index contributed by atoms with van der Waals surface area (Å²) in [6.45, 7) is 0. The second kappa shape index (κ2) is 13.9. The van der Waals surface area contributed by atoms with Crippen molar-refractivity contribution >= 4 is 56.8 Å². The molecule has 0 spiro atoms. The molecule has 0 bridgehead atoms. The third kappa shape index (κ3) is 10.3. The fraction of sp³-hybridized carbons (Fsp3) is 0.143. The van der Waals surface area contributed by atoms with Crippen molar-refractivity contribution in [3.8, 4) is 11.5 Å². The van der Waals surface area contributed by atoms with E-state index < -0.39 is 22.5 Å². The summed E-state index contributed by atoms with van der Waals surface area (Å²) in [5.41, 5.74) is 12.8. The molecule has 0 aliphatic carbocycles. The van der Waals surface area contributed by atoms with Crippen LogP contribution < -0.4 is 21.7 Å². The number of hydrogen-bond acceptors (Lipinski definition) is 6. The van der Waals surface area contributed by atoms with Gasteiger partial charge >= 0.3 is 31.5 Å². The van der Waals surface area contributed by atoms with E-state index in [0.717, 1.165) is 0 Å². The minimum Gasteiger partial charge on any atom is -0.872 e. The van der Waals surface area contributed by atoms with E-state index in [9.17, 15) is 10.2 Å². The predicted octanol–water partition coefficient (Wildman–Crippen LogP) is 0.843. The first-order valence-corrected chi connectivity index (χ1v) is 9.66. The molecule has 0 saturated carbocycles. The van der Waals surface area contributed by atoms with Crippen molar-refractivity contribution in [2.45, 2.75) is 12.1 Å². The largest absolute Gasteiger partial charge is 2.00 e. The van der Waals surface area contributed by atoms with Crippen LogP contribution in [-0.2, 0) is 31.5 Å². The smallest absolute Gasteiger partial charge is 0.872 e. The maximum atomic E-state index is 11.4. The molecule has 30 heavy (non-hydrogen) atoms. The molecule has 2 aromatic rings. The SMILES string of the molecule is NC(c1c(Cl)cc([O-])cc1Cl)C(N)c1c(Cl)cc([O-])cc1Cl.O.O.O=S(=O)(O)O.[Pt+2]. The molecule has 0 amide bonds. The standard InChI is InChI=1S/C14H12Cl4N2O2.H2O4S.2H2O.Pt/c15-7-1-5(21)2-8(16)11(7)13(19)14(20)12-9(17)3-6(22)4-10(12)18;1-5(2,3)4;;;/h1-4,13-14,21-22H,19-20H2;(H2,1,2,3,4);2*1H2;/q;;;;+2/p-2. The van der Waals surface area contributed by atoms with Crippen LogP contribution >= 0.6 is 46.4 Å². The van der Waals surface area contributed by atoms with Gasteiger partial charge in [0.1, 0.15) is 0 Å². The summed E-state index contributed by atoms with van der Waals surface area (Å²) in [4.78, 5) is 0. The Morgan fingerprint density at radius 3 is 1.07 bits per heavy atom. The van der Waals surface area contributed by atoms with Crippen LogP contribution in [0.3, 0.4) is 0 Å². The molecule has 10 N–H and O–H groups in total. The Kier molecular flexibility index (Phi) is 15.8. The van der Waals surface area contributed by atoms with Crippen molar-refractivity contribution in [2.75, 3.05) is 0 Å². The van der Waals surface area contributed by atoms with Gasteiger partial charge in [0.15, 0.2) is 0 Å². The van der Waals surface area contributed by atoms with Gasteiger partial charge in [0.2, 0.25) is 0 Å². The van der Waals surface area contributed by atoms with Crippen LogP contribution in [0, 0.1) is 0 Å². The topological polar surface area (TPSA) is 236 Å². The monoisotopic (exact) mass is 707 g/mol. The molecule has 2 rings (SSSR count). The Hall–Kier alpha value is -0.402. The van der Waals surface area contributed by atoms with Crippen molar-refractivity contribution in [1.82, 2.24) is 0 Å². The van der Waals surface area contributed by atoms with Gasteiger partial charge in [-0.3, -0.25) is 9.11 Å². The number of rotatable bonds is 3. The average molecular weight is 709 g/mol. The number of benzene rings is 2. The maximum Gasteiger partial charge on any atom is 2.00 e. The van der Waals surface area contributed by atoms with Gasteiger partial charge in [-0.25, -0.2) is 0 Å². The molecule has 0 heterocycles. The van der Waals surface area contributed by atoms with Crippen molar-refractivity contribution in [3.63, 3.8) is 0 Å². The molecule has 10 nitrogen and oxygen atoms in total. The zero-order valence-electron chi connectivity index (χ0n) is 14.4. The van der Waals surface area contributed by atoms with Gasteiger partial charge in [-0.15, -0.1) is 11.5 Å². The van der Waals surface area contributed by atoms with E-state index in [0.29, 0.717) is 11.1 Å². The number of nitrogens with two attached hydrogens (primary N) is 2.